The molecule has 1 fully saturated rings. The Hall–Kier alpha value is -1.20. The quantitative estimate of drug-likeness (QED) is 0.807. The maximum Gasteiger partial charge on any atom is 0.151 e. The van der Waals surface area contributed by atoms with Crippen LogP contribution in [0.4, 0.5) is 5.82 Å². The van der Waals surface area contributed by atoms with Gasteiger partial charge in [0.1, 0.15) is 0 Å². The summed E-state index contributed by atoms with van der Waals surface area (Å²) >= 11 is 0. The van der Waals surface area contributed by atoms with E-state index in [0.717, 1.165) is 31.1 Å². The molecule has 0 aliphatic carbocycles. The molecule has 5 heteroatoms. The Kier molecular flexibility index (Phi) is 3.91. The second-order valence-electron chi connectivity index (χ2n) is 4.75. The lowest BCUT2D eigenvalue weighted by atomic mass is 10.2. The van der Waals surface area contributed by atoms with Gasteiger partial charge in [0.2, 0.25) is 0 Å². The number of hydrogen-bond acceptors (Lipinski definition) is 5. The molecular weight excluding hydrogens is 214 g/mol. The molecule has 2 rings (SSSR count). The minimum Gasteiger partial charge on any atom is -0.351 e. The highest BCUT2D eigenvalue weighted by Gasteiger charge is 2.20. The molecule has 1 saturated heterocycles. The number of nitrogens with two attached hydrogens (primary N) is 1. The second-order valence-corrected chi connectivity index (χ2v) is 4.75. The Morgan fingerprint density at radius 3 is 2.82 bits per heavy atom. The zero-order valence-electron chi connectivity index (χ0n) is 10.6. The molecule has 0 amide bonds. The van der Waals surface area contributed by atoms with Crippen molar-refractivity contribution in [2.24, 2.45) is 5.73 Å². The van der Waals surface area contributed by atoms with E-state index in [4.69, 9.17) is 5.73 Å². The Balaban J connectivity index is 2.13. The topological polar surface area (TPSA) is 58.3 Å². The maximum absolute atomic E-state index is 5.53. The van der Waals surface area contributed by atoms with E-state index >= 15 is 0 Å². The summed E-state index contributed by atoms with van der Waals surface area (Å²) in [7, 11) is 2.17. The van der Waals surface area contributed by atoms with Crippen molar-refractivity contribution >= 4 is 5.82 Å². The van der Waals surface area contributed by atoms with E-state index in [1.807, 2.05) is 12.1 Å². The summed E-state index contributed by atoms with van der Waals surface area (Å²) in [5, 5.41) is 8.39. The fourth-order valence-electron chi connectivity index (χ4n) is 2.33. The van der Waals surface area contributed by atoms with Crippen LogP contribution in [0.3, 0.4) is 0 Å². The first kappa shape index (κ1) is 12.3. The third-order valence-corrected chi connectivity index (χ3v) is 3.26. The van der Waals surface area contributed by atoms with Crippen LogP contribution in [-0.4, -0.2) is 47.8 Å². The minimum atomic E-state index is 0.450. The van der Waals surface area contributed by atoms with Crippen LogP contribution in [0, 0.1) is 0 Å². The van der Waals surface area contributed by atoms with E-state index in [9.17, 15) is 0 Å². The first-order valence-electron chi connectivity index (χ1n) is 6.18. The molecular formula is C12H21N5. The maximum atomic E-state index is 5.53. The highest BCUT2D eigenvalue weighted by molar-refractivity contribution is 5.39. The summed E-state index contributed by atoms with van der Waals surface area (Å²) in [5.41, 5.74) is 6.37. The Labute approximate surface area is 103 Å². The number of hydrogen-bond donors (Lipinski definition) is 1. The van der Waals surface area contributed by atoms with Gasteiger partial charge in [0.15, 0.2) is 5.82 Å². The third kappa shape index (κ3) is 2.92. The highest BCUT2D eigenvalue weighted by atomic mass is 15.3. The van der Waals surface area contributed by atoms with Gasteiger partial charge in [-0.1, -0.05) is 0 Å². The fourth-order valence-corrected chi connectivity index (χ4v) is 2.33. The van der Waals surface area contributed by atoms with Crippen molar-refractivity contribution in [2.45, 2.75) is 25.9 Å². The van der Waals surface area contributed by atoms with Crippen molar-refractivity contribution in [1.82, 2.24) is 15.1 Å². The molecule has 0 saturated carbocycles. The second kappa shape index (κ2) is 5.42. The van der Waals surface area contributed by atoms with E-state index in [0.29, 0.717) is 12.6 Å². The average molecular weight is 235 g/mol. The van der Waals surface area contributed by atoms with Gasteiger partial charge in [-0.2, -0.15) is 5.10 Å². The number of anilines is 1. The van der Waals surface area contributed by atoms with Crippen molar-refractivity contribution in [3.8, 4) is 0 Å². The van der Waals surface area contributed by atoms with Crippen molar-refractivity contribution in [1.29, 1.82) is 0 Å². The van der Waals surface area contributed by atoms with Gasteiger partial charge in [-0.15, -0.1) is 5.10 Å². The van der Waals surface area contributed by atoms with Crippen LogP contribution in [0.1, 0.15) is 19.0 Å². The summed E-state index contributed by atoms with van der Waals surface area (Å²) in [6.45, 7) is 5.95. The molecule has 17 heavy (non-hydrogen) atoms. The zero-order valence-corrected chi connectivity index (χ0v) is 10.6. The number of rotatable bonds is 2. The summed E-state index contributed by atoms with van der Waals surface area (Å²) < 4.78 is 0. The van der Waals surface area contributed by atoms with Crippen molar-refractivity contribution in [3.63, 3.8) is 0 Å². The molecule has 2 N–H and O–H groups in total. The van der Waals surface area contributed by atoms with E-state index in [1.54, 1.807) is 0 Å². The Morgan fingerprint density at radius 1 is 1.35 bits per heavy atom. The third-order valence-electron chi connectivity index (χ3n) is 3.26. The van der Waals surface area contributed by atoms with Crippen LogP contribution in [0.25, 0.3) is 0 Å². The van der Waals surface area contributed by atoms with E-state index in [2.05, 4.69) is 34.0 Å². The molecule has 0 radical (unpaired) electrons. The van der Waals surface area contributed by atoms with Gasteiger partial charge in [-0.25, -0.2) is 0 Å². The fraction of sp³-hybridized carbons (Fsp3) is 0.667. The van der Waals surface area contributed by atoms with Crippen LogP contribution in [-0.2, 0) is 6.54 Å². The molecule has 0 bridgehead atoms. The van der Waals surface area contributed by atoms with Gasteiger partial charge in [-0.05, 0) is 39.1 Å². The lowest BCUT2D eigenvalue weighted by Gasteiger charge is -2.28. The van der Waals surface area contributed by atoms with Gasteiger partial charge >= 0.3 is 0 Å². The molecule has 0 spiro atoms. The molecule has 1 aromatic heterocycles. The Bertz CT molecular complexity index is 350. The predicted octanol–water partition coefficient (Wildman–Crippen LogP) is 0.466. The van der Waals surface area contributed by atoms with Gasteiger partial charge in [0.25, 0.3) is 0 Å². The molecule has 1 atom stereocenters. The van der Waals surface area contributed by atoms with E-state index in [-0.39, 0.29) is 0 Å². The monoisotopic (exact) mass is 235 g/mol. The van der Waals surface area contributed by atoms with Gasteiger partial charge < -0.3 is 15.5 Å². The van der Waals surface area contributed by atoms with Crippen molar-refractivity contribution in [2.75, 3.05) is 31.6 Å². The SMILES string of the molecule is CC1CN(C)CCCN1c1ccc(CN)nn1. The van der Waals surface area contributed by atoms with Crippen molar-refractivity contribution in [3.05, 3.63) is 17.8 Å². The minimum absolute atomic E-state index is 0.450. The molecule has 94 valence electrons. The van der Waals surface area contributed by atoms with Crippen LogP contribution in [0.15, 0.2) is 12.1 Å². The summed E-state index contributed by atoms with van der Waals surface area (Å²) in [6, 6.07) is 4.46. The number of nitrogens with zero attached hydrogens (tertiary/aromatic N) is 4. The molecule has 0 aromatic carbocycles. The van der Waals surface area contributed by atoms with Gasteiger partial charge in [0.05, 0.1) is 5.69 Å². The molecule has 2 heterocycles. The number of aromatic nitrogens is 2. The summed E-state index contributed by atoms with van der Waals surface area (Å²) in [5.74, 6) is 0.963. The van der Waals surface area contributed by atoms with E-state index in [1.165, 1.54) is 6.42 Å². The van der Waals surface area contributed by atoms with Gasteiger partial charge in [-0.3, -0.25) is 0 Å². The predicted molar refractivity (Wildman–Crippen MR) is 68.8 cm³/mol. The summed E-state index contributed by atoms with van der Waals surface area (Å²) in [4.78, 5) is 4.70. The number of likely N-dealkylation sites (N-methyl/N-ethyl adjacent to an activating group) is 1. The lowest BCUT2D eigenvalue weighted by Crippen LogP contribution is -2.38. The van der Waals surface area contributed by atoms with Gasteiger partial charge in [0, 0.05) is 25.7 Å². The normalized spacial score (nSPS) is 22.5. The van der Waals surface area contributed by atoms with E-state index < -0.39 is 0 Å². The zero-order chi connectivity index (χ0) is 12.3. The summed E-state index contributed by atoms with van der Waals surface area (Å²) in [6.07, 6.45) is 1.17. The first-order valence-corrected chi connectivity index (χ1v) is 6.18. The van der Waals surface area contributed by atoms with Crippen LogP contribution in [0.5, 0.6) is 0 Å². The van der Waals surface area contributed by atoms with Crippen LogP contribution >= 0.6 is 0 Å². The smallest absolute Gasteiger partial charge is 0.151 e. The molecule has 1 aliphatic heterocycles. The molecule has 5 nitrogen and oxygen atoms in total. The van der Waals surface area contributed by atoms with Crippen LogP contribution < -0.4 is 10.6 Å². The first-order chi connectivity index (χ1) is 8.20. The highest BCUT2D eigenvalue weighted by Crippen LogP contribution is 2.16. The van der Waals surface area contributed by atoms with Crippen LogP contribution in [0.2, 0.25) is 0 Å². The Morgan fingerprint density at radius 2 is 2.18 bits per heavy atom. The average Bonchev–Trinajstić information content (AvgIpc) is 2.50. The molecule has 1 unspecified atom stereocenters. The molecule has 1 aliphatic rings. The van der Waals surface area contributed by atoms with Crippen molar-refractivity contribution < 1.29 is 0 Å². The molecule has 1 aromatic rings. The standard InChI is InChI=1S/C12H21N5/c1-10-9-16(2)6-3-7-17(10)12-5-4-11(8-13)14-15-12/h4-5,10H,3,6-9,13H2,1-2H3. The largest absolute Gasteiger partial charge is 0.351 e. The lowest BCUT2D eigenvalue weighted by molar-refractivity contribution is 0.337.